The van der Waals surface area contributed by atoms with E-state index < -0.39 is 0 Å². The number of aromatic amines is 1. The maximum absolute atomic E-state index is 10.2. The Hall–Kier alpha value is -4.13. The summed E-state index contributed by atoms with van der Waals surface area (Å²) in [6, 6.07) is 17.9. The highest BCUT2D eigenvalue weighted by atomic mass is 16.5. The first kappa shape index (κ1) is 23.0. The van der Waals surface area contributed by atoms with Crippen LogP contribution in [0.5, 0.6) is 23.0 Å². The van der Waals surface area contributed by atoms with Crippen LogP contribution >= 0.6 is 0 Å². The molecular formula is C27H29N3O4. The highest BCUT2D eigenvalue weighted by Crippen LogP contribution is 2.40. The molecule has 0 atom stereocenters. The number of ether oxygens (including phenoxy) is 3. The minimum Gasteiger partial charge on any atom is -0.502 e. The summed E-state index contributed by atoms with van der Waals surface area (Å²) >= 11 is 0. The average Bonchev–Trinajstić information content (AvgIpc) is 3.35. The van der Waals surface area contributed by atoms with Gasteiger partial charge in [-0.25, -0.2) is 4.98 Å². The fourth-order valence-electron chi connectivity index (χ4n) is 3.79. The van der Waals surface area contributed by atoms with Crippen molar-refractivity contribution in [1.82, 2.24) is 9.97 Å². The molecule has 1 aromatic heterocycles. The zero-order valence-electron chi connectivity index (χ0n) is 20.0. The van der Waals surface area contributed by atoms with Gasteiger partial charge in [-0.3, -0.25) is 0 Å². The van der Waals surface area contributed by atoms with E-state index in [4.69, 9.17) is 14.2 Å². The molecular weight excluding hydrogens is 430 g/mol. The van der Waals surface area contributed by atoms with Crippen LogP contribution in [0.25, 0.3) is 33.8 Å². The molecule has 176 valence electrons. The summed E-state index contributed by atoms with van der Waals surface area (Å²) in [4.78, 5) is 10.00. The van der Waals surface area contributed by atoms with Crippen molar-refractivity contribution in [3.8, 4) is 56.8 Å². The Balaban J connectivity index is 1.69. The number of benzene rings is 3. The van der Waals surface area contributed by atoms with Crippen LogP contribution in [0.3, 0.4) is 0 Å². The Morgan fingerprint density at radius 1 is 0.853 bits per heavy atom. The summed E-state index contributed by atoms with van der Waals surface area (Å²) in [7, 11) is 7.05. The molecule has 4 aromatic rings. The van der Waals surface area contributed by atoms with Crippen molar-refractivity contribution in [3.05, 3.63) is 60.8 Å². The van der Waals surface area contributed by atoms with Crippen LogP contribution in [-0.2, 0) is 0 Å². The fraction of sp³-hybridized carbons (Fsp3) is 0.222. The third-order valence-corrected chi connectivity index (χ3v) is 5.62. The van der Waals surface area contributed by atoms with Crippen molar-refractivity contribution >= 4 is 5.69 Å². The molecule has 0 fully saturated rings. The van der Waals surface area contributed by atoms with Gasteiger partial charge in [-0.05, 0) is 48.9 Å². The van der Waals surface area contributed by atoms with Crippen molar-refractivity contribution in [3.63, 3.8) is 0 Å². The van der Waals surface area contributed by atoms with E-state index in [1.54, 1.807) is 18.3 Å². The van der Waals surface area contributed by atoms with Crippen LogP contribution in [0, 0.1) is 0 Å². The van der Waals surface area contributed by atoms with Crippen LogP contribution in [-0.4, -0.2) is 50.0 Å². The molecule has 0 aliphatic rings. The lowest BCUT2D eigenvalue weighted by Crippen LogP contribution is -2.07. The van der Waals surface area contributed by atoms with E-state index in [0.29, 0.717) is 23.9 Å². The van der Waals surface area contributed by atoms with Crippen LogP contribution in [0.1, 0.15) is 6.92 Å². The number of rotatable bonds is 8. The van der Waals surface area contributed by atoms with Crippen molar-refractivity contribution in [2.24, 2.45) is 0 Å². The Labute approximate surface area is 199 Å². The van der Waals surface area contributed by atoms with Crippen LogP contribution in [0.2, 0.25) is 0 Å². The van der Waals surface area contributed by atoms with Gasteiger partial charge in [0.05, 0.1) is 32.7 Å². The summed E-state index contributed by atoms with van der Waals surface area (Å²) in [5.74, 6) is 2.12. The molecule has 0 saturated carbocycles. The number of phenols is 1. The molecule has 0 bridgehead atoms. The lowest BCUT2D eigenvalue weighted by molar-refractivity contribution is 0.340. The SMILES string of the molecule is CCOc1cc(-c2ncc(-c3cc(OC)c(O)c(OC)c3)[nH]2)ccc1-c1ccc(N(C)C)cc1. The van der Waals surface area contributed by atoms with E-state index in [-0.39, 0.29) is 5.75 Å². The van der Waals surface area contributed by atoms with Gasteiger partial charge in [-0.2, -0.15) is 0 Å². The summed E-state index contributed by atoms with van der Waals surface area (Å²) in [6.07, 6.45) is 1.74. The van der Waals surface area contributed by atoms with Gasteiger partial charge in [-0.15, -0.1) is 0 Å². The number of H-pyrrole nitrogens is 1. The Bertz CT molecular complexity index is 1250. The molecule has 7 nitrogen and oxygen atoms in total. The molecule has 0 amide bonds. The molecule has 0 aliphatic carbocycles. The average molecular weight is 460 g/mol. The number of nitrogens with one attached hydrogen (secondary N) is 1. The molecule has 7 heteroatoms. The molecule has 2 N–H and O–H groups in total. The van der Waals surface area contributed by atoms with Gasteiger partial charge >= 0.3 is 0 Å². The number of hydrogen-bond acceptors (Lipinski definition) is 6. The van der Waals surface area contributed by atoms with Gasteiger partial charge in [0.2, 0.25) is 5.75 Å². The number of imidazole rings is 1. The van der Waals surface area contributed by atoms with E-state index in [9.17, 15) is 5.11 Å². The molecule has 1 heterocycles. The molecule has 0 saturated heterocycles. The van der Waals surface area contributed by atoms with E-state index in [2.05, 4.69) is 45.2 Å². The third-order valence-electron chi connectivity index (χ3n) is 5.62. The second-order valence-electron chi connectivity index (χ2n) is 7.96. The van der Waals surface area contributed by atoms with E-state index in [0.717, 1.165) is 39.4 Å². The Morgan fingerprint density at radius 3 is 2.06 bits per heavy atom. The number of hydrogen-bond donors (Lipinski definition) is 2. The molecule has 0 radical (unpaired) electrons. The van der Waals surface area contributed by atoms with Gasteiger partial charge in [0.1, 0.15) is 11.6 Å². The van der Waals surface area contributed by atoms with Crippen LogP contribution < -0.4 is 19.1 Å². The number of methoxy groups -OCH3 is 2. The summed E-state index contributed by atoms with van der Waals surface area (Å²) < 4.78 is 16.5. The predicted octanol–water partition coefficient (Wildman–Crippen LogP) is 5.60. The number of phenolic OH excluding ortho intramolecular Hbond substituents is 1. The second-order valence-corrected chi connectivity index (χ2v) is 7.96. The Kier molecular flexibility index (Phi) is 6.63. The topological polar surface area (TPSA) is 79.8 Å². The molecule has 4 rings (SSSR count). The highest BCUT2D eigenvalue weighted by Gasteiger charge is 2.15. The molecule has 3 aromatic carbocycles. The van der Waals surface area contributed by atoms with Gasteiger partial charge in [0.25, 0.3) is 0 Å². The van der Waals surface area contributed by atoms with Gasteiger partial charge in [0.15, 0.2) is 11.5 Å². The number of nitrogens with zero attached hydrogens (tertiary/aromatic N) is 2. The summed E-state index contributed by atoms with van der Waals surface area (Å²) in [5, 5.41) is 10.2. The molecule has 0 spiro atoms. The van der Waals surface area contributed by atoms with E-state index >= 15 is 0 Å². The largest absolute Gasteiger partial charge is 0.502 e. The van der Waals surface area contributed by atoms with Crippen LogP contribution in [0.4, 0.5) is 5.69 Å². The molecule has 34 heavy (non-hydrogen) atoms. The molecule has 0 unspecified atom stereocenters. The van der Waals surface area contributed by atoms with E-state index in [1.165, 1.54) is 14.2 Å². The zero-order chi connectivity index (χ0) is 24.2. The number of anilines is 1. The maximum atomic E-state index is 10.2. The minimum atomic E-state index is -0.0379. The summed E-state index contributed by atoms with van der Waals surface area (Å²) in [6.45, 7) is 2.53. The first-order chi connectivity index (χ1) is 16.4. The van der Waals surface area contributed by atoms with Gasteiger partial charge in [-0.1, -0.05) is 18.2 Å². The number of aromatic nitrogens is 2. The highest BCUT2D eigenvalue weighted by molar-refractivity contribution is 5.77. The minimum absolute atomic E-state index is 0.0379. The first-order valence-electron chi connectivity index (χ1n) is 11.0. The van der Waals surface area contributed by atoms with E-state index in [1.807, 2.05) is 33.2 Å². The normalized spacial score (nSPS) is 10.7. The zero-order valence-corrected chi connectivity index (χ0v) is 20.0. The lowest BCUT2D eigenvalue weighted by Gasteiger charge is -2.15. The van der Waals surface area contributed by atoms with Crippen molar-refractivity contribution in [1.29, 1.82) is 0 Å². The smallest absolute Gasteiger partial charge is 0.200 e. The van der Waals surface area contributed by atoms with Crippen LogP contribution in [0.15, 0.2) is 60.8 Å². The Morgan fingerprint density at radius 2 is 1.47 bits per heavy atom. The van der Waals surface area contributed by atoms with Gasteiger partial charge < -0.3 is 29.2 Å². The monoisotopic (exact) mass is 459 g/mol. The second kappa shape index (κ2) is 9.79. The lowest BCUT2D eigenvalue weighted by atomic mass is 10.0. The first-order valence-corrected chi connectivity index (χ1v) is 11.0. The predicted molar refractivity (Wildman–Crippen MR) is 135 cm³/mol. The van der Waals surface area contributed by atoms with Crippen molar-refractivity contribution in [2.45, 2.75) is 6.92 Å². The third kappa shape index (κ3) is 4.50. The molecule has 0 aliphatic heterocycles. The maximum Gasteiger partial charge on any atom is 0.200 e. The quantitative estimate of drug-likeness (QED) is 0.357. The van der Waals surface area contributed by atoms with Crippen molar-refractivity contribution < 1.29 is 19.3 Å². The number of aromatic hydroxyl groups is 1. The summed E-state index contributed by atoms with van der Waals surface area (Å²) in [5.41, 5.74) is 5.71. The van der Waals surface area contributed by atoms with Gasteiger partial charge in [0, 0.05) is 36.5 Å². The van der Waals surface area contributed by atoms with Crippen molar-refractivity contribution in [2.75, 3.05) is 39.8 Å². The standard InChI is InChI=1S/C27H29N3O4/c1-6-34-23-13-18(9-12-21(23)17-7-10-20(11-8-17)30(2)3)27-28-16-22(29-27)19-14-24(32-4)26(31)25(15-19)33-5/h7-16,31H,6H2,1-5H3,(H,28,29). The fourth-order valence-corrected chi connectivity index (χ4v) is 3.79.